The molecule has 0 bridgehead atoms. The van der Waals surface area contributed by atoms with Gasteiger partial charge in [0.05, 0.1) is 11.3 Å². The Labute approximate surface area is 138 Å². The number of carbonyl (C=O) groups excluding carboxylic acids is 1. The fourth-order valence-corrected chi connectivity index (χ4v) is 3.18. The van der Waals surface area contributed by atoms with Crippen molar-refractivity contribution in [2.75, 3.05) is 22.9 Å². The van der Waals surface area contributed by atoms with Crippen LogP contribution in [0.3, 0.4) is 0 Å². The summed E-state index contributed by atoms with van der Waals surface area (Å²) in [5.74, 6) is -0.225. The Hall–Kier alpha value is -1.81. The van der Waals surface area contributed by atoms with E-state index in [9.17, 15) is 18.0 Å². The van der Waals surface area contributed by atoms with Crippen LogP contribution < -0.4 is 10.6 Å². The third-order valence-electron chi connectivity index (χ3n) is 2.56. The van der Waals surface area contributed by atoms with Gasteiger partial charge in [-0.05, 0) is 31.2 Å². The lowest BCUT2D eigenvalue weighted by molar-refractivity contribution is -0.137. The molecule has 124 valence electrons. The van der Waals surface area contributed by atoms with Crippen LogP contribution in [0.4, 0.5) is 24.0 Å². The number of alkyl halides is 3. The number of nitrogens with zero attached hydrogens (tertiary/aromatic N) is 2. The van der Waals surface area contributed by atoms with Crippen molar-refractivity contribution in [2.45, 2.75) is 17.4 Å². The van der Waals surface area contributed by atoms with Crippen LogP contribution in [0, 0.1) is 0 Å². The van der Waals surface area contributed by atoms with Gasteiger partial charge in [-0.2, -0.15) is 13.2 Å². The average molecular weight is 362 g/mol. The van der Waals surface area contributed by atoms with Gasteiger partial charge >= 0.3 is 6.18 Å². The Bertz CT molecular complexity index is 658. The maximum absolute atomic E-state index is 12.4. The third kappa shape index (κ3) is 5.39. The molecule has 0 saturated heterocycles. The van der Waals surface area contributed by atoms with Crippen LogP contribution in [-0.4, -0.2) is 28.4 Å². The minimum absolute atomic E-state index is 0.0990. The lowest BCUT2D eigenvalue weighted by Crippen LogP contribution is -2.14. The van der Waals surface area contributed by atoms with Crippen LogP contribution in [0.5, 0.6) is 0 Å². The summed E-state index contributed by atoms with van der Waals surface area (Å²) in [7, 11) is 0. The van der Waals surface area contributed by atoms with Gasteiger partial charge < -0.3 is 10.6 Å². The smallest absolute Gasteiger partial charge is 0.360 e. The topological polar surface area (TPSA) is 66.9 Å². The summed E-state index contributed by atoms with van der Waals surface area (Å²) in [5, 5.41) is 14.0. The summed E-state index contributed by atoms with van der Waals surface area (Å²) < 4.78 is 38.0. The van der Waals surface area contributed by atoms with Crippen molar-refractivity contribution in [3.05, 3.63) is 29.8 Å². The highest BCUT2D eigenvalue weighted by molar-refractivity contribution is 8.01. The van der Waals surface area contributed by atoms with Crippen molar-refractivity contribution < 1.29 is 18.0 Å². The number of hydrogen-bond donors (Lipinski definition) is 2. The normalized spacial score (nSPS) is 11.3. The first-order chi connectivity index (χ1) is 10.9. The Morgan fingerprint density at radius 3 is 2.57 bits per heavy atom. The van der Waals surface area contributed by atoms with Crippen molar-refractivity contribution in [3.63, 3.8) is 0 Å². The van der Waals surface area contributed by atoms with E-state index in [1.807, 2.05) is 6.92 Å². The minimum atomic E-state index is -4.39. The lowest BCUT2D eigenvalue weighted by Gasteiger charge is -2.08. The second kappa shape index (κ2) is 7.64. The molecule has 0 aliphatic carbocycles. The number of thioether (sulfide) groups is 1. The monoisotopic (exact) mass is 362 g/mol. The predicted molar refractivity (Wildman–Crippen MR) is 84.9 cm³/mol. The van der Waals surface area contributed by atoms with Crippen molar-refractivity contribution in [2.24, 2.45) is 0 Å². The number of anilines is 2. The molecular weight excluding hydrogens is 349 g/mol. The molecular formula is C13H13F3N4OS2. The summed E-state index contributed by atoms with van der Waals surface area (Å²) in [5.41, 5.74) is -0.441. The average Bonchev–Trinajstić information content (AvgIpc) is 2.93. The molecule has 0 fully saturated rings. The lowest BCUT2D eigenvalue weighted by atomic mass is 10.2. The standard InChI is InChI=1S/C13H13F3N4OS2/c1-2-17-11-19-20-12(23-11)22-7-10(21)18-9-5-3-8(4-6-9)13(14,15)16/h3-6H,2,7H2,1H3,(H,17,19)(H,18,21). The molecule has 0 aliphatic rings. The first-order valence-corrected chi connectivity index (χ1v) is 8.36. The minimum Gasteiger partial charge on any atom is -0.360 e. The molecule has 0 atom stereocenters. The predicted octanol–water partition coefficient (Wildman–Crippen LogP) is 3.72. The summed E-state index contributed by atoms with van der Waals surface area (Å²) in [6.07, 6.45) is -4.39. The molecule has 0 saturated carbocycles. The molecule has 2 rings (SSSR count). The summed E-state index contributed by atoms with van der Waals surface area (Å²) >= 11 is 2.55. The highest BCUT2D eigenvalue weighted by atomic mass is 32.2. The number of aromatic nitrogens is 2. The molecule has 0 spiro atoms. The van der Waals surface area contributed by atoms with Gasteiger partial charge in [-0.3, -0.25) is 4.79 Å². The zero-order chi connectivity index (χ0) is 16.9. The molecule has 0 aliphatic heterocycles. The maximum Gasteiger partial charge on any atom is 0.416 e. The quantitative estimate of drug-likeness (QED) is 0.767. The Morgan fingerprint density at radius 2 is 1.96 bits per heavy atom. The molecule has 10 heteroatoms. The fraction of sp³-hybridized carbons (Fsp3) is 0.308. The van der Waals surface area contributed by atoms with E-state index in [0.717, 1.165) is 18.7 Å². The molecule has 2 aromatic rings. The molecule has 2 N–H and O–H groups in total. The van der Waals surface area contributed by atoms with Crippen LogP contribution in [0.25, 0.3) is 0 Å². The van der Waals surface area contributed by atoms with E-state index < -0.39 is 11.7 Å². The molecule has 0 unspecified atom stereocenters. The molecule has 0 radical (unpaired) electrons. The number of halogens is 3. The van der Waals surface area contributed by atoms with E-state index in [4.69, 9.17) is 0 Å². The number of nitrogens with one attached hydrogen (secondary N) is 2. The highest BCUT2D eigenvalue weighted by Crippen LogP contribution is 2.30. The van der Waals surface area contributed by atoms with Crippen molar-refractivity contribution in [1.82, 2.24) is 10.2 Å². The fourth-order valence-electron chi connectivity index (χ4n) is 1.56. The zero-order valence-corrected chi connectivity index (χ0v) is 13.6. The van der Waals surface area contributed by atoms with E-state index in [1.165, 1.54) is 35.2 Å². The molecule has 23 heavy (non-hydrogen) atoms. The first-order valence-electron chi connectivity index (χ1n) is 6.55. The SMILES string of the molecule is CCNc1nnc(SCC(=O)Nc2ccc(C(F)(F)F)cc2)s1. The molecule has 1 aromatic heterocycles. The molecule has 1 aromatic carbocycles. The number of benzene rings is 1. The largest absolute Gasteiger partial charge is 0.416 e. The van der Waals surface area contributed by atoms with Gasteiger partial charge in [0.15, 0.2) is 4.34 Å². The van der Waals surface area contributed by atoms with Gasteiger partial charge in [-0.1, -0.05) is 23.1 Å². The van der Waals surface area contributed by atoms with Gasteiger partial charge in [0.25, 0.3) is 0 Å². The van der Waals surface area contributed by atoms with Gasteiger partial charge in [0, 0.05) is 12.2 Å². The maximum atomic E-state index is 12.4. The Morgan fingerprint density at radius 1 is 1.26 bits per heavy atom. The zero-order valence-electron chi connectivity index (χ0n) is 12.0. The first kappa shape index (κ1) is 17.5. The van der Waals surface area contributed by atoms with Crippen LogP contribution in [0.15, 0.2) is 28.6 Å². The molecule has 1 amide bonds. The van der Waals surface area contributed by atoms with Crippen molar-refractivity contribution >= 4 is 39.8 Å². The molecule has 5 nitrogen and oxygen atoms in total. The summed E-state index contributed by atoms with van der Waals surface area (Å²) in [4.78, 5) is 11.8. The Kier molecular flexibility index (Phi) is 5.83. The van der Waals surface area contributed by atoms with Crippen LogP contribution in [-0.2, 0) is 11.0 Å². The molecule has 1 heterocycles. The third-order valence-corrected chi connectivity index (χ3v) is 4.57. The van der Waals surface area contributed by atoms with Gasteiger partial charge in [0.2, 0.25) is 11.0 Å². The van der Waals surface area contributed by atoms with E-state index >= 15 is 0 Å². The highest BCUT2D eigenvalue weighted by Gasteiger charge is 2.29. The Balaban J connectivity index is 1.84. The van der Waals surface area contributed by atoms with Crippen LogP contribution in [0.2, 0.25) is 0 Å². The van der Waals surface area contributed by atoms with Crippen LogP contribution >= 0.6 is 23.1 Å². The number of carbonyl (C=O) groups is 1. The second-order valence-electron chi connectivity index (χ2n) is 4.32. The second-order valence-corrected chi connectivity index (χ2v) is 6.52. The number of hydrogen-bond acceptors (Lipinski definition) is 6. The summed E-state index contributed by atoms with van der Waals surface area (Å²) in [6.45, 7) is 2.67. The van der Waals surface area contributed by atoms with E-state index in [0.29, 0.717) is 15.2 Å². The number of amides is 1. The van der Waals surface area contributed by atoms with Crippen molar-refractivity contribution in [1.29, 1.82) is 0 Å². The van der Waals surface area contributed by atoms with Gasteiger partial charge in [0.1, 0.15) is 0 Å². The van der Waals surface area contributed by atoms with E-state index in [-0.39, 0.29) is 11.7 Å². The summed E-state index contributed by atoms with van der Waals surface area (Å²) in [6, 6.07) is 4.30. The number of rotatable bonds is 6. The van der Waals surface area contributed by atoms with E-state index in [1.54, 1.807) is 0 Å². The van der Waals surface area contributed by atoms with Crippen LogP contribution in [0.1, 0.15) is 12.5 Å². The van der Waals surface area contributed by atoms with Gasteiger partial charge in [-0.25, -0.2) is 0 Å². The van der Waals surface area contributed by atoms with Gasteiger partial charge in [-0.15, -0.1) is 10.2 Å². The van der Waals surface area contributed by atoms with Crippen molar-refractivity contribution in [3.8, 4) is 0 Å². The van der Waals surface area contributed by atoms with E-state index in [2.05, 4.69) is 20.8 Å².